The highest BCUT2D eigenvalue weighted by atomic mass is 16.3. The molecule has 0 aromatic heterocycles. The second kappa shape index (κ2) is 6.35. The van der Waals surface area contributed by atoms with Crippen molar-refractivity contribution in [2.45, 2.75) is 6.42 Å². The minimum atomic E-state index is -0.421. The SMILES string of the molecule is C=C/C=C(\C=C)C(=O)CC(=O)c1ccccc1O. The van der Waals surface area contributed by atoms with Crippen LogP contribution in [0, 0.1) is 0 Å². The smallest absolute Gasteiger partial charge is 0.174 e. The van der Waals surface area contributed by atoms with Crippen LogP contribution in [0.4, 0.5) is 0 Å². The van der Waals surface area contributed by atoms with E-state index < -0.39 is 5.78 Å². The Kier molecular flexibility index (Phi) is 4.81. The van der Waals surface area contributed by atoms with Crippen molar-refractivity contribution in [3.05, 3.63) is 66.8 Å². The molecule has 0 amide bonds. The number of allylic oxidation sites excluding steroid dienone is 4. The monoisotopic (exact) mass is 242 g/mol. The van der Waals surface area contributed by atoms with Crippen LogP contribution in [0.5, 0.6) is 5.75 Å². The van der Waals surface area contributed by atoms with Gasteiger partial charge >= 0.3 is 0 Å². The van der Waals surface area contributed by atoms with E-state index in [4.69, 9.17) is 0 Å². The highest BCUT2D eigenvalue weighted by Crippen LogP contribution is 2.18. The summed E-state index contributed by atoms with van der Waals surface area (Å²) in [6.45, 7) is 6.98. The van der Waals surface area contributed by atoms with E-state index in [2.05, 4.69) is 13.2 Å². The van der Waals surface area contributed by atoms with Crippen molar-refractivity contribution >= 4 is 11.6 Å². The van der Waals surface area contributed by atoms with E-state index in [-0.39, 0.29) is 23.5 Å². The zero-order chi connectivity index (χ0) is 13.5. The van der Waals surface area contributed by atoms with Gasteiger partial charge in [0.2, 0.25) is 0 Å². The fraction of sp³-hybridized carbons (Fsp3) is 0.0667. The van der Waals surface area contributed by atoms with Crippen LogP contribution in [0.15, 0.2) is 61.2 Å². The zero-order valence-corrected chi connectivity index (χ0v) is 9.93. The molecule has 0 fully saturated rings. The molecule has 0 heterocycles. The number of carbonyl (C=O) groups excluding carboxylic acids is 2. The van der Waals surface area contributed by atoms with Crippen molar-refractivity contribution < 1.29 is 14.7 Å². The molecule has 18 heavy (non-hydrogen) atoms. The predicted octanol–water partition coefficient (Wildman–Crippen LogP) is 2.83. The lowest BCUT2D eigenvalue weighted by Crippen LogP contribution is -2.09. The Morgan fingerprint density at radius 1 is 1.22 bits per heavy atom. The number of hydrogen-bond donors (Lipinski definition) is 1. The second-order valence-corrected chi connectivity index (χ2v) is 3.60. The third kappa shape index (κ3) is 3.28. The first-order valence-electron chi connectivity index (χ1n) is 5.39. The quantitative estimate of drug-likeness (QED) is 0.361. The molecule has 0 radical (unpaired) electrons. The molecule has 0 atom stereocenters. The summed E-state index contributed by atoms with van der Waals surface area (Å²) in [6.07, 6.45) is 4.03. The largest absolute Gasteiger partial charge is 0.507 e. The maximum Gasteiger partial charge on any atom is 0.174 e. The number of carbonyl (C=O) groups is 2. The molecule has 1 N–H and O–H groups in total. The lowest BCUT2D eigenvalue weighted by Gasteiger charge is -2.03. The summed E-state index contributed by atoms with van der Waals surface area (Å²) in [6, 6.07) is 6.13. The van der Waals surface area contributed by atoms with Gasteiger partial charge in [-0.05, 0) is 12.1 Å². The van der Waals surface area contributed by atoms with Crippen LogP contribution in [0.3, 0.4) is 0 Å². The standard InChI is InChI=1S/C15H14O3/c1-3-7-11(4-2)14(17)10-15(18)12-8-5-6-9-13(12)16/h3-9,16H,1-2,10H2/b11-7+. The number of rotatable bonds is 6. The molecule has 1 aromatic carbocycles. The van der Waals surface area contributed by atoms with E-state index in [1.807, 2.05) is 0 Å². The summed E-state index contributed by atoms with van der Waals surface area (Å²) < 4.78 is 0. The molecule has 0 saturated carbocycles. The Labute approximate surface area is 106 Å². The Hall–Kier alpha value is -2.42. The number of ketones is 2. The molecule has 1 aromatic rings. The maximum absolute atomic E-state index is 11.8. The van der Waals surface area contributed by atoms with Crippen LogP contribution in [0.1, 0.15) is 16.8 Å². The molecule has 1 rings (SSSR count). The van der Waals surface area contributed by atoms with Crippen molar-refractivity contribution in [3.8, 4) is 5.75 Å². The van der Waals surface area contributed by atoms with E-state index in [9.17, 15) is 14.7 Å². The van der Waals surface area contributed by atoms with Gasteiger partial charge in [-0.1, -0.05) is 43.5 Å². The Balaban J connectivity index is 2.86. The molecule has 0 aliphatic heterocycles. The van der Waals surface area contributed by atoms with Crippen LogP contribution >= 0.6 is 0 Å². The van der Waals surface area contributed by atoms with Crippen molar-refractivity contribution in [1.82, 2.24) is 0 Å². The van der Waals surface area contributed by atoms with Crippen molar-refractivity contribution in [2.24, 2.45) is 0 Å². The van der Waals surface area contributed by atoms with Gasteiger partial charge in [0.15, 0.2) is 11.6 Å². The minimum absolute atomic E-state index is 0.122. The molecule has 0 aliphatic rings. The Morgan fingerprint density at radius 2 is 1.89 bits per heavy atom. The van der Waals surface area contributed by atoms with Crippen LogP contribution in [0.2, 0.25) is 0 Å². The fourth-order valence-corrected chi connectivity index (χ4v) is 1.45. The summed E-state index contributed by atoms with van der Waals surface area (Å²) in [5.74, 6) is -0.892. The van der Waals surface area contributed by atoms with Crippen molar-refractivity contribution in [1.29, 1.82) is 0 Å². The van der Waals surface area contributed by atoms with Crippen LogP contribution in [0.25, 0.3) is 0 Å². The van der Waals surface area contributed by atoms with Crippen LogP contribution in [-0.2, 0) is 4.79 Å². The van der Waals surface area contributed by atoms with Gasteiger partial charge < -0.3 is 5.11 Å². The number of phenolic OH excluding ortho intramolecular Hbond substituents is 1. The van der Waals surface area contributed by atoms with Crippen LogP contribution in [-0.4, -0.2) is 16.7 Å². The normalized spacial score (nSPS) is 10.8. The molecule has 0 aliphatic carbocycles. The molecule has 0 saturated heterocycles. The Bertz CT molecular complexity index is 524. The average molecular weight is 242 g/mol. The van der Waals surface area contributed by atoms with Crippen molar-refractivity contribution in [3.63, 3.8) is 0 Å². The molecule has 0 bridgehead atoms. The summed E-state index contributed by atoms with van der Waals surface area (Å²) in [5.41, 5.74) is 0.474. The van der Waals surface area contributed by atoms with Gasteiger partial charge in [0.1, 0.15) is 5.75 Å². The van der Waals surface area contributed by atoms with E-state index >= 15 is 0 Å². The van der Waals surface area contributed by atoms with Gasteiger partial charge in [0.05, 0.1) is 12.0 Å². The first-order chi connectivity index (χ1) is 8.60. The number of phenols is 1. The molecule has 3 nitrogen and oxygen atoms in total. The molecule has 92 valence electrons. The average Bonchev–Trinajstić information content (AvgIpc) is 2.36. The van der Waals surface area contributed by atoms with Gasteiger partial charge in [-0.3, -0.25) is 9.59 Å². The van der Waals surface area contributed by atoms with Crippen molar-refractivity contribution in [2.75, 3.05) is 0 Å². The van der Waals surface area contributed by atoms with Gasteiger partial charge in [0.25, 0.3) is 0 Å². The molecule has 0 spiro atoms. The van der Waals surface area contributed by atoms with Crippen LogP contribution < -0.4 is 0 Å². The third-order valence-corrected chi connectivity index (χ3v) is 2.36. The topological polar surface area (TPSA) is 54.4 Å². The zero-order valence-electron chi connectivity index (χ0n) is 9.93. The lowest BCUT2D eigenvalue weighted by molar-refractivity contribution is -0.114. The lowest BCUT2D eigenvalue weighted by atomic mass is 10.0. The first kappa shape index (κ1) is 13.6. The van der Waals surface area contributed by atoms with E-state index in [1.54, 1.807) is 12.1 Å². The highest BCUT2D eigenvalue weighted by Gasteiger charge is 2.16. The summed E-state index contributed by atoms with van der Waals surface area (Å²) >= 11 is 0. The molecular formula is C15H14O3. The molecule has 3 heteroatoms. The molecule has 0 unspecified atom stereocenters. The first-order valence-corrected chi connectivity index (χ1v) is 5.39. The summed E-state index contributed by atoms with van der Waals surface area (Å²) in [4.78, 5) is 23.6. The molecular weight excluding hydrogens is 228 g/mol. The number of aromatic hydroxyl groups is 1. The second-order valence-electron chi connectivity index (χ2n) is 3.60. The summed E-state index contributed by atoms with van der Waals surface area (Å²) in [5, 5.41) is 9.51. The van der Waals surface area contributed by atoms with Gasteiger partial charge in [0, 0.05) is 5.57 Å². The number of benzene rings is 1. The number of hydrogen-bond acceptors (Lipinski definition) is 3. The predicted molar refractivity (Wildman–Crippen MR) is 70.5 cm³/mol. The Morgan fingerprint density at radius 3 is 2.44 bits per heavy atom. The van der Waals surface area contributed by atoms with Gasteiger partial charge in [-0.2, -0.15) is 0 Å². The number of para-hydroxylation sites is 1. The minimum Gasteiger partial charge on any atom is -0.507 e. The number of Topliss-reactive ketones (excluding diaryl/α,β-unsaturated/α-hetero) is 2. The third-order valence-electron chi connectivity index (χ3n) is 2.36. The summed E-state index contributed by atoms with van der Waals surface area (Å²) in [7, 11) is 0. The van der Waals surface area contributed by atoms with Gasteiger partial charge in [-0.25, -0.2) is 0 Å². The fourth-order valence-electron chi connectivity index (χ4n) is 1.45. The van der Waals surface area contributed by atoms with E-state index in [0.717, 1.165) is 0 Å². The highest BCUT2D eigenvalue weighted by molar-refractivity contribution is 6.15. The van der Waals surface area contributed by atoms with Gasteiger partial charge in [-0.15, -0.1) is 0 Å². The van der Waals surface area contributed by atoms with E-state index in [1.165, 1.54) is 30.4 Å². The maximum atomic E-state index is 11.8. The van der Waals surface area contributed by atoms with E-state index in [0.29, 0.717) is 5.57 Å².